The number of carbonyl (C=O) groups excluding carboxylic acids is 2. The molecule has 1 saturated heterocycles. The Morgan fingerprint density at radius 1 is 0.957 bits per heavy atom. The molecule has 116 valence electrons. The molecule has 0 unspecified atom stereocenters. The van der Waals surface area contributed by atoms with Gasteiger partial charge in [-0.1, -0.05) is 46.9 Å². The second kappa shape index (κ2) is 6.24. The highest BCUT2D eigenvalue weighted by Gasteiger charge is 2.35. The average Bonchev–Trinajstić information content (AvgIpc) is 2.76. The summed E-state index contributed by atoms with van der Waals surface area (Å²) < 4.78 is 0. The van der Waals surface area contributed by atoms with Crippen LogP contribution in [0.15, 0.2) is 48.2 Å². The lowest BCUT2D eigenvalue weighted by Crippen LogP contribution is -2.30. The van der Waals surface area contributed by atoms with Gasteiger partial charge in [-0.3, -0.25) is 4.79 Å². The van der Waals surface area contributed by atoms with Gasteiger partial charge in [-0.05, 0) is 42.0 Å². The van der Waals surface area contributed by atoms with Gasteiger partial charge in [-0.25, -0.2) is 9.69 Å². The van der Waals surface area contributed by atoms with Crippen molar-refractivity contribution in [3.63, 3.8) is 0 Å². The molecule has 0 aromatic heterocycles. The van der Waals surface area contributed by atoms with Gasteiger partial charge >= 0.3 is 6.03 Å². The molecular weight excluding hydrogens is 359 g/mol. The Bertz CT molecular complexity index is 849. The Morgan fingerprint density at radius 2 is 1.70 bits per heavy atom. The van der Waals surface area contributed by atoms with Crippen molar-refractivity contribution >= 4 is 58.5 Å². The molecule has 1 aliphatic rings. The van der Waals surface area contributed by atoms with Crippen LogP contribution in [0.2, 0.25) is 15.1 Å². The van der Waals surface area contributed by atoms with E-state index in [0.29, 0.717) is 26.3 Å². The largest absolute Gasteiger partial charge is 0.333 e. The molecular formula is C16H9Cl3N2O2. The summed E-state index contributed by atoms with van der Waals surface area (Å²) in [5.74, 6) is -0.483. The van der Waals surface area contributed by atoms with Crippen molar-refractivity contribution in [3.8, 4) is 0 Å². The number of hydrogen-bond donors (Lipinski definition) is 1. The van der Waals surface area contributed by atoms with Crippen LogP contribution in [0.3, 0.4) is 0 Å². The minimum absolute atomic E-state index is 0.124. The summed E-state index contributed by atoms with van der Waals surface area (Å²) in [4.78, 5) is 25.6. The minimum atomic E-state index is -0.548. The summed E-state index contributed by atoms with van der Waals surface area (Å²) in [6.07, 6.45) is 1.50. The lowest BCUT2D eigenvalue weighted by Gasteiger charge is -2.11. The van der Waals surface area contributed by atoms with Crippen molar-refractivity contribution in [2.75, 3.05) is 4.90 Å². The van der Waals surface area contributed by atoms with Gasteiger partial charge in [-0.15, -0.1) is 0 Å². The van der Waals surface area contributed by atoms with Crippen molar-refractivity contribution in [2.24, 2.45) is 0 Å². The topological polar surface area (TPSA) is 49.4 Å². The fraction of sp³-hybridized carbons (Fsp3) is 0. The van der Waals surface area contributed by atoms with E-state index in [1.807, 2.05) is 0 Å². The minimum Gasteiger partial charge on any atom is -0.302 e. The van der Waals surface area contributed by atoms with Crippen molar-refractivity contribution in [1.29, 1.82) is 0 Å². The lowest BCUT2D eigenvalue weighted by molar-refractivity contribution is -0.113. The van der Waals surface area contributed by atoms with Crippen molar-refractivity contribution < 1.29 is 9.59 Å². The number of benzene rings is 2. The summed E-state index contributed by atoms with van der Waals surface area (Å²) in [7, 11) is 0. The van der Waals surface area contributed by atoms with Crippen molar-refractivity contribution in [1.82, 2.24) is 5.32 Å². The quantitative estimate of drug-likeness (QED) is 0.615. The van der Waals surface area contributed by atoms with Gasteiger partial charge in [0.05, 0.1) is 5.69 Å². The highest BCUT2D eigenvalue weighted by molar-refractivity contribution is 6.36. The van der Waals surface area contributed by atoms with Crippen LogP contribution in [0.4, 0.5) is 10.5 Å². The molecule has 23 heavy (non-hydrogen) atoms. The third-order valence-electron chi connectivity index (χ3n) is 3.21. The average molecular weight is 368 g/mol. The number of anilines is 1. The van der Waals surface area contributed by atoms with E-state index in [1.54, 1.807) is 36.4 Å². The van der Waals surface area contributed by atoms with Crippen LogP contribution in [-0.4, -0.2) is 11.9 Å². The van der Waals surface area contributed by atoms with Gasteiger partial charge in [0.15, 0.2) is 0 Å². The number of halogens is 3. The molecule has 2 aromatic carbocycles. The zero-order valence-corrected chi connectivity index (χ0v) is 13.8. The number of amides is 3. The number of nitrogens with zero attached hydrogens (tertiary/aromatic N) is 1. The van der Waals surface area contributed by atoms with Crippen LogP contribution in [0.1, 0.15) is 5.56 Å². The van der Waals surface area contributed by atoms with E-state index in [2.05, 4.69) is 5.32 Å². The van der Waals surface area contributed by atoms with Gasteiger partial charge in [0.1, 0.15) is 5.70 Å². The van der Waals surface area contributed by atoms with Crippen LogP contribution in [0.5, 0.6) is 0 Å². The van der Waals surface area contributed by atoms with E-state index in [0.717, 1.165) is 4.90 Å². The second-order valence-corrected chi connectivity index (χ2v) is 6.05. The number of carbonyl (C=O) groups is 2. The Kier molecular flexibility index (Phi) is 4.31. The van der Waals surface area contributed by atoms with E-state index < -0.39 is 11.9 Å². The van der Waals surface area contributed by atoms with Gasteiger partial charge in [0, 0.05) is 15.1 Å². The third kappa shape index (κ3) is 3.20. The lowest BCUT2D eigenvalue weighted by atomic mass is 10.2. The summed E-state index contributed by atoms with van der Waals surface area (Å²) in [5, 5.41) is 3.83. The molecule has 0 saturated carbocycles. The molecule has 0 atom stereocenters. The maximum atomic E-state index is 12.5. The molecule has 3 rings (SSSR count). The molecule has 1 fully saturated rings. The summed E-state index contributed by atoms with van der Waals surface area (Å²) in [6.45, 7) is 0. The van der Waals surface area contributed by atoms with E-state index >= 15 is 0 Å². The maximum absolute atomic E-state index is 12.5. The Morgan fingerprint density at radius 3 is 2.39 bits per heavy atom. The van der Waals surface area contributed by atoms with Gasteiger partial charge in [-0.2, -0.15) is 0 Å². The first-order valence-electron chi connectivity index (χ1n) is 6.53. The van der Waals surface area contributed by atoms with Crippen molar-refractivity contribution in [2.45, 2.75) is 0 Å². The van der Waals surface area contributed by atoms with Crippen LogP contribution in [0.25, 0.3) is 6.08 Å². The molecule has 0 aliphatic carbocycles. The Hall–Kier alpha value is -2.01. The number of hydrogen-bond acceptors (Lipinski definition) is 2. The molecule has 0 spiro atoms. The first-order valence-corrected chi connectivity index (χ1v) is 7.67. The maximum Gasteiger partial charge on any atom is 0.333 e. The van der Waals surface area contributed by atoms with Gasteiger partial charge in [0.25, 0.3) is 5.91 Å². The van der Waals surface area contributed by atoms with Crippen LogP contribution >= 0.6 is 34.8 Å². The zero-order valence-electron chi connectivity index (χ0n) is 11.5. The summed E-state index contributed by atoms with van der Waals surface area (Å²) in [5.41, 5.74) is 1.09. The van der Waals surface area contributed by atoms with Gasteiger partial charge in [0.2, 0.25) is 0 Å². The first-order chi connectivity index (χ1) is 11.0. The predicted octanol–water partition coefficient (Wildman–Crippen LogP) is 4.74. The standard InChI is InChI=1S/C16H9Cl3N2O2/c17-10-2-1-3-12(7-10)21-15(22)14(20-16(21)23)6-9-4-5-11(18)8-13(9)19/h1-8H,(H,20,23). The molecule has 1 heterocycles. The number of imide groups is 1. The highest BCUT2D eigenvalue weighted by Crippen LogP contribution is 2.27. The van der Waals surface area contributed by atoms with Crippen LogP contribution < -0.4 is 10.2 Å². The molecule has 3 amide bonds. The fourth-order valence-electron chi connectivity index (χ4n) is 2.16. The monoisotopic (exact) mass is 366 g/mol. The van der Waals surface area contributed by atoms with Crippen LogP contribution in [-0.2, 0) is 4.79 Å². The molecule has 0 radical (unpaired) electrons. The predicted molar refractivity (Wildman–Crippen MR) is 91.9 cm³/mol. The molecule has 4 nitrogen and oxygen atoms in total. The molecule has 2 aromatic rings. The number of urea groups is 1. The fourth-order valence-corrected chi connectivity index (χ4v) is 2.81. The normalized spacial score (nSPS) is 16.1. The summed E-state index contributed by atoms with van der Waals surface area (Å²) >= 11 is 17.8. The van der Waals surface area contributed by atoms with E-state index in [1.165, 1.54) is 12.1 Å². The SMILES string of the molecule is O=C1NC(=Cc2ccc(Cl)cc2Cl)C(=O)N1c1cccc(Cl)c1. The molecule has 7 heteroatoms. The van der Waals surface area contributed by atoms with Crippen molar-refractivity contribution in [3.05, 3.63) is 68.8 Å². The molecule has 1 N–H and O–H groups in total. The van der Waals surface area contributed by atoms with Gasteiger partial charge < -0.3 is 5.32 Å². The summed E-state index contributed by atoms with van der Waals surface area (Å²) in [6, 6.07) is 10.8. The third-order valence-corrected chi connectivity index (χ3v) is 4.00. The van der Waals surface area contributed by atoms with E-state index in [-0.39, 0.29) is 5.70 Å². The molecule has 1 aliphatic heterocycles. The van der Waals surface area contributed by atoms with E-state index in [4.69, 9.17) is 34.8 Å². The number of nitrogens with one attached hydrogen (secondary N) is 1. The second-order valence-electron chi connectivity index (χ2n) is 4.77. The smallest absolute Gasteiger partial charge is 0.302 e. The highest BCUT2D eigenvalue weighted by atomic mass is 35.5. The van der Waals surface area contributed by atoms with E-state index in [9.17, 15) is 9.59 Å². The molecule has 0 bridgehead atoms. The first kappa shape index (κ1) is 15.9. The van der Waals surface area contributed by atoms with Crippen LogP contribution in [0, 0.1) is 0 Å². The number of rotatable bonds is 2. The Balaban J connectivity index is 1.96. The Labute approximate surface area is 147 Å². The zero-order chi connectivity index (χ0) is 16.6.